The minimum atomic E-state index is -0.492. The average molecular weight is 317 g/mol. The summed E-state index contributed by atoms with van der Waals surface area (Å²) >= 11 is 0. The minimum absolute atomic E-state index is 0.0280. The van der Waals surface area contributed by atoms with E-state index in [4.69, 9.17) is 4.74 Å². The molecule has 5 heteroatoms. The molecule has 0 heterocycles. The molecular weight excluding hydrogens is 294 g/mol. The first-order valence-electron chi connectivity index (χ1n) is 7.62. The highest BCUT2D eigenvalue weighted by atomic mass is 16.6. The molecule has 124 valence electrons. The van der Waals surface area contributed by atoms with Gasteiger partial charge in [-0.15, -0.1) is 0 Å². The number of carbonyl (C=O) groups excluding carboxylic acids is 1. The molecule has 23 heavy (non-hydrogen) atoms. The summed E-state index contributed by atoms with van der Waals surface area (Å²) in [5.74, 6) is -0.0166. The van der Waals surface area contributed by atoms with Crippen molar-refractivity contribution in [2.75, 3.05) is 0 Å². The van der Waals surface area contributed by atoms with Crippen molar-refractivity contribution in [1.29, 1.82) is 0 Å². The van der Waals surface area contributed by atoms with Gasteiger partial charge in [0, 0.05) is 18.6 Å². The quantitative estimate of drug-likeness (QED) is 0.223. The Kier molecular flexibility index (Phi) is 7.74. The molecule has 5 nitrogen and oxygen atoms in total. The van der Waals surface area contributed by atoms with E-state index < -0.39 is 4.92 Å². The van der Waals surface area contributed by atoms with Crippen molar-refractivity contribution in [2.45, 2.75) is 46.5 Å². The first-order valence-corrected chi connectivity index (χ1v) is 7.62. The molecule has 0 bridgehead atoms. The van der Waals surface area contributed by atoms with Crippen LogP contribution >= 0.6 is 0 Å². The molecule has 0 saturated carbocycles. The number of non-ortho nitro benzene ring substituents is 1. The summed E-state index contributed by atoms with van der Waals surface area (Å²) in [5.41, 5.74) is 2.54. The standard InChI is InChI=1S/C18H23NO4/c1-14(2)6-4-7-15(3)8-5-9-18(20)23-17-12-10-16(11-13-17)19(21)22/h6,8,10-13H,4-5,7,9H2,1-3H3. The predicted octanol–water partition coefficient (Wildman–Crippen LogP) is 4.97. The van der Waals surface area contributed by atoms with Gasteiger partial charge in [0.1, 0.15) is 5.75 Å². The van der Waals surface area contributed by atoms with Crippen LogP contribution in [0.1, 0.15) is 46.5 Å². The number of nitrogens with zero attached hydrogens (tertiary/aromatic N) is 1. The Balaban J connectivity index is 2.36. The number of nitro benzene ring substituents is 1. The Labute approximate surface area is 136 Å². The number of hydrogen-bond donors (Lipinski definition) is 0. The van der Waals surface area contributed by atoms with Gasteiger partial charge in [-0.05, 0) is 52.2 Å². The Morgan fingerprint density at radius 3 is 2.26 bits per heavy atom. The highest BCUT2D eigenvalue weighted by Gasteiger charge is 2.07. The Hall–Kier alpha value is -2.43. The zero-order valence-electron chi connectivity index (χ0n) is 13.9. The van der Waals surface area contributed by atoms with Crippen LogP contribution in [-0.4, -0.2) is 10.9 Å². The van der Waals surface area contributed by atoms with Crippen LogP contribution in [0.3, 0.4) is 0 Å². The van der Waals surface area contributed by atoms with Crippen molar-refractivity contribution in [3.8, 4) is 5.75 Å². The Bertz CT molecular complexity index is 596. The molecule has 0 aliphatic carbocycles. The fourth-order valence-corrected chi connectivity index (χ4v) is 1.95. The molecule has 0 aromatic heterocycles. The third kappa shape index (κ3) is 7.95. The molecule has 0 fully saturated rings. The van der Waals surface area contributed by atoms with Crippen molar-refractivity contribution in [2.24, 2.45) is 0 Å². The first kappa shape index (κ1) is 18.6. The van der Waals surface area contributed by atoms with Crippen molar-refractivity contribution in [3.63, 3.8) is 0 Å². The molecule has 0 unspecified atom stereocenters. The molecule has 0 N–H and O–H groups in total. The van der Waals surface area contributed by atoms with Gasteiger partial charge in [0.05, 0.1) is 4.92 Å². The van der Waals surface area contributed by atoms with Crippen molar-refractivity contribution >= 4 is 11.7 Å². The molecular formula is C18H23NO4. The Morgan fingerprint density at radius 2 is 1.70 bits per heavy atom. The third-order valence-corrected chi connectivity index (χ3v) is 3.21. The highest BCUT2D eigenvalue weighted by molar-refractivity contribution is 5.72. The second-order valence-corrected chi connectivity index (χ2v) is 5.63. The van der Waals surface area contributed by atoms with Crippen molar-refractivity contribution in [1.82, 2.24) is 0 Å². The van der Waals surface area contributed by atoms with Crippen LogP contribution in [-0.2, 0) is 4.79 Å². The first-order chi connectivity index (χ1) is 10.9. The molecule has 0 atom stereocenters. The topological polar surface area (TPSA) is 69.4 Å². The summed E-state index contributed by atoms with van der Waals surface area (Å²) in [4.78, 5) is 21.8. The van der Waals surface area contributed by atoms with E-state index in [1.165, 1.54) is 35.4 Å². The molecule has 0 saturated heterocycles. The van der Waals surface area contributed by atoms with Crippen LogP contribution in [0.4, 0.5) is 5.69 Å². The van der Waals surface area contributed by atoms with Gasteiger partial charge in [-0.3, -0.25) is 14.9 Å². The van der Waals surface area contributed by atoms with Gasteiger partial charge in [-0.1, -0.05) is 23.3 Å². The number of benzene rings is 1. The van der Waals surface area contributed by atoms with Crippen LogP contribution < -0.4 is 4.74 Å². The zero-order valence-corrected chi connectivity index (χ0v) is 13.9. The van der Waals surface area contributed by atoms with Crippen molar-refractivity contribution < 1.29 is 14.5 Å². The number of rotatable bonds is 8. The van der Waals surface area contributed by atoms with Crippen LogP contribution in [0, 0.1) is 10.1 Å². The summed E-state index contributed by atoms with van der Waals surface area (Å²) in [6.07, 6.45) is 7.17. The van der Waals surface area contributed by atoms with E-state index >= 15 is 0 Å². The Morgan fingerprint density at radius 1 is 1.09 bits per heavy atom. The minimum Gasteiger partial charge on any atom is -0.427 e. The van der Waals surface area contributed by atoms with E-state index in [-0.39, 0.29) is 18.1 Å². The van der Waals surface area contributed by atoms with Gasteiger partial charge in [-0.25, -0.2) is 0 Å². The summed E-state index contributed by atoms with van der Waals surface area (Å²) in [6.45, 7) is 6.21. The number of carbonyl (C=O) groups is 1. The molecule has 0 radical (unpaired) electrons. The van der Waals surface area contributed by atoms with Crippen molar-refractivity contribution in [3.05, 3.63) is 57.7 Å². The SMILES string of the molecule is CC(C)=CCCC(C)=CCCC(=O)Oc1ccc([N+](=O)[O-])cc1. The van der Waals surface area contributed by atoms with E-state index in [9.17, 15) is 14.9 Å². The normalized spacial score (nSPS) is 11.0. The van der Waals surface area contributed by atoms with E-state index in [2.05, 4.69) is 32.9 Å². The molecule has 0 aliphatic rings. The molecule has 0 aliphatic heterocycles. The third-order valence-electron chi connectivity index (χ3n) is 3.21. The van der Waals surface area contributed by atoms with Gasteiger partial charge < -0.3 is 4.74 Å². The second-order valence-electron chi connectivity index (χ2n) is 5.63. The predicted molar refractivity (Wildman–Crippen MR) is 90.4 cm³/mol. The average Bonchev–Trinajstić information content (AvgIpc) is 2.47. The second kappa shape index (κ2) is 9.56. The van der Waals surface area contributed by atoms with E-state index in [1.807, 2.05) is 0 Å². The van der Waals surface area contributed by atoms with Gasteiger partial charge in [0.25, 0.3) is 5.69 Å². The number of ether oxygens (including phenoxy) is 1. The summed E-state index contributed by atoms with van der Waals surface area (Å²) in [6, 6.07) is 5.48. The van der Waals surface area contributed by atoms with Gasteiger partial charge in [0.15, 0.2) is 0 Å². The monoisotopic (exact) mass is 317 g/mol. The fraction of sp³-hybridized carbons (Fsp3) is 0.389. The van der Waals surface area contributed by atoms with Gasteiger partial charge >= 0.3 is 5.97 Å². The molecule has 1 aromatic rings. The maximum Gasteiger partial charge on any atom is 0.311 e. The lowest BCUT2D eigenvalue weighted by molar-refractivity contribution is -0.384. The lowest BCUT2D eigenvalue weighted by Crippen LogP contribution is -2.07. The maximum atomic E-state index is 11.7. The largest absolute Gasteiger partial charge is 0.427 e. The highest BCUT2D eigenvalue weighted by Crippen LogP contribution is 2.18. The number of nitro groups is 1. The lowest BCUT2D eigenvalue weighted by atomic mass is 10.1. The van der Waals surface area contributed by atoms with Crippen LogP contribution in [0.15, 0.2) is 47.6 Å². The smallest absolute Gasteiger partial charge is 0.311 e. The van der Waals surface area contributed by atoms with Crippen LogP contribution in [0.5, 0.6) is 5.75 Å². The maximum absolute atomic E-state index is 11.7. The van der Waals surface area contributed by atoms with Crippen LogP contribution in [0.2, 0.25) is 0 Å². The summed E-state index contributed by atoms with van der Waals surface area (Å²) in [7, 11) is 0. The number of hydrogen-bond acceptors (Lipinski definition) is 4. The number of esters is 1. The zero-order chi connectivity index (χ0) is 17.2. The molecule has 1 rings (SSSR count). The molecule has 0 spiro atoms. The lowest BCUT2D eigenvalue weighted by Gasteiger charge is -2.03. The van der Waals surface area contributed by atoms with E-state index in [1.54, 1.807) is 0 Å². The summed E-state index contributed by atoms with van der Waals surface area (Å²) < 4.78 is 5.14. The van der Waals surface area contributed by atoms with Gasteiger partial charge in [-0.2, -0.15) is 0 Å². The van der Waals surface area contributed by atoms with Crippen LogP contribution in [0.25, 0.3) is 0 Å². The summed E-state index contributed by atoms with van der Waals surface area (Å²) in [5, 5.41) is 10.5. The van der Waals surface area contributed by atoms with E-state index in [0.717, 1.165) is 12.8 Å². The molecule has 1 aromatic carbocycles. The fourth-order valence-electron chi connectivity index (χ4n) is 1.95. The van der Waals surface area contributed by atoms with E-state index in [0.29, 0.717) is 12.2 Å². The number of allylic oxidation sites excluding steroid dienone is 4. The van der Waals surface area contributed by atoms with Gasteiger partial charge in [0.2, 0.25) is 0 Å². The molecule has 0 amide bonds.